The van der Waals surface area contributed by atoms with Gasteiger partial charge in [0, 0.05) is 34.8 Å². The van der Waals surface area contributed by atoms with Gasteiger partial charge in [0.1, 0.15) is 0 Å². The summed E-state index contributed by atoms with van der Waals surface area (Å²) in [6, 6.07) is 8.77. The molecular formula is C15H21BrN2. The Morgan fingerprint density at radius 2 is 2.11 bits per heavy atom. The molecule has 18 heavy (non-hydrogen) atoms. The minimum Gasteiger partial charge on any atom is -0.381 e. The molecule has 0 spiro atoms. The quantitative estimate of drug-likeness (QED) is 0.914. The molecule has 3 rings (SSSR count). The molecule has 1 aliphatic carbocycles. The zero-order valence-corrected chi connectivity index (χ0v) is 12.7. The summed E-state index contributed by atoms with van der Waals surface area (Å²) >= 11 is 3.55. The maximum absolute atomic E-state index is 3.69. The van der Waals surface area contributed by atoms with Gasteiger partial charge < -0.3 is 5.32 Å². The number of hydrogen-bond acceptors (Lipinski definition) is 2. The number of rotatable bonds is 3. The minimum absolute atomic E-state index is 0.612. The first-order valence-electron chi connectivity index (χ1n) is 6.92. The Bertz CT molecular complexity index is 442. The lowest BCUT2D eigenvalue weighted by Crippen LogP contribution is -2.31. The Morgan fingerprint density at radius 3 is 2.78 bits per heavy atom. The van der Waals surface area contributed by atoms with Crippen molar-refractivity contribution in [2.45, 2.75) is 51.2 Å². The third-order valence-corrected chi connectivity index (χ3v) is 5.06. The van der Waals surface area contributed by atoms with E-state index in [1.54, 1.807) is 0 Å². The Balaban J connectivity index is 1.64. The molecule has 2 unspecified atom stereocenters. The molecule has 1 saturated carbocycles. The monoisotopic (exact) mass is 308 g/mol. The van der Waals surface area contributed by atoms with Crippen LogP contribution in [-0.2, 0) is 0 Å². The zero-order valence-electron chi connectivity index (χ0n) is 11.1. The number of hydrogen-bond donors (Lipinski definition) is 1. The van der Waals surface area contributed by atoms with Crippen LogP contribution in [0.15, 0.2) is 22.7 Å². The van der Waals surface area contributed by atoms with E-state index in [2.05, 4.69) is 58.2 Å². The molecule has 1 aromatic carbocycles. The Hall–Kier alpha value is -0.540. The van der Waals surface area contributed by atoms with Crippen molar-refractivity contribution in [3.05, 3.63) is 28.2 Å². The highest BCUT2D eigenvalue weighted by atomic mass is 79.9. The molecule has 1 saturated heterocycles. The van der Waals surface area contributed by atoms with E-state index in [4.69, 9.17) is 0 Å². The molecule has 0 aromatic heterocycles. The lowest BCUT2D eigenvalue weighted by Gasteiger charge is -2.20. The summed E-state index contributed by atoms with van der Waals surface area (Å²) in [7, 11) is 0. The van der Waals surface area contributed by atoms with E-state index in [1.807, 2.05) is 0 Å². The molecule has 1 heterocycles. The molecule has 0 bridgehead atoms. The first-order chi connectivity index (χ1) is 8.63. The Labute approximate surface area is 118 Å². The van der Waals surface area contributed by atoms with E-state index >= 15 is 0 Å². The number of nitrogens with zero attached hydrogens (tertiary/aromatic N) is 1. The maximum atomic E-state index is 3.69. The number of benzene rings is 1. The topological polar surface area (TPSA) is 15.3 Å². The lowest BCUT2D eigenvalue weighted by molar-refractivity contribution is 0.257. The number of likely N-dealkylation sites (tertiary alicyclic amines) is 1. The Kier molecular flexibility index (Phi) is 3.37. The van der Waals surface area contributed by atoms with Gasteiger partial charge in [-0.05, 0) is 56.9 Å². The molecular weight excluding hydrogens is 288 g/mol. The van der Waals surface area contributed by atoms with Crippen LogP contribution in [0.4, 0.5) is 5.69 Å². The van der Waals surface area contributed by atoms with Crippen molar-refractivity contribution in [2.75, 3.05) is 11.9 Å². The number of anilines is 1. The van der Waals surface area contributed by atoms with Gasteiger partial charge in [0.05, 0.1) is 0 Å². The predicted octanol–water partition coefficient (Wildman–Crippen LogP) is 3.79. The second-order valence-electron chi connectivity index (χ2n) is 5.82. The summed E-state index contributed by atoms with van der Waals surface area (Å²) in [5, 5.41) is 3.69. The molecule has 1 N–H and O–H groups in total. The average molecular weight is 309 g/mol. The Morgan fingerprint density at radius 1 is 1.33 bits per heavy atom. The number of aryl methyl sites for hydroxylation is 1. The maximum Gasteiger partial charge on any atom is 0.0403 e. The molecule has 2 atom stereocenters. The summed E-state index contributed by atoms with van der Waals surface area (Å²) in [5.74, 6) is 0. The van der Waals surface area contributed by atoms with Crippen LogP contribution in [-0.4, -0.2) is 29.6 Å². The molecule has 1 aliphatic heterocycles. The predicted molar refractivity (Wildman–Crippen MR) is 80.1 cm³/mol. The summed E-state index contributed by atoms with van der Waals surface area (Å²) in [5.41, 5.74) is 2.55. The van der Waals surface area contributed by atoms with Gasteiger partial charge in [0.2, 0.25) is 0 Å². The fourth-order valence-electron chi connectivity index (χ4n) is 3.05. The highest BCUT2D eigenvalue weighted by Gasteiger charge is 2.38. The number of nitrogens with one attached hydrogen (secondary N) is 1. The van der Waals surface area contributed by atoms with Gasteiger partial charge in [0.15, 0.2) is 0 Å². The first-order valence-corrected chi connectivity index (χ1v) is 7.71. The van der Waals surface area contributed by atoms with Gasteiger partial charge in [-0.3, -0.25) is 4.90 Å². The standard InChI is InChI=1S/C15H21BrN2/c1-10-7-12(3-6-15(10)16)17-13-8-11(2)18(9-13)14-4-5-14/h3,6-7,11,13-14,17H,4-5,8-9H2,1-2H3. The molecule has 0 radical (unpaired) electrons. The fraction of sp³-hybridized carbons (Fsp3) is 0.600. The van der Waals surface area contributed by atoms with Crippen molar-refractivity contribution in [1.82, 2.24) is 4.90 Å². The highest BCUT2D eigenvalue weighted by Crippen LogP contribution is 2.34. The summed E-state index contributed by atoms with van der Waals surface area (Å²) in [6.07, 6.45) is 4.09. The van der Waals surface area contributed by atoms with Crippen molar-refractivity contribution in [3.63, 3.8) is 0 Å². The van der Waals surface area contributed by atoms with E-state index < -0.39 is 0 Å². The van der Waals surface area contributed by atoms with Crippen molar-refractivity contribution in [1.29, 1.82) is 0 Å². The van der Waals surface area contributed by atoms with Crippen LogP contribution in [0.2, 0.25) is 0 Å². The van der Waals surface area contributed by atoms with Crippen molar-refractivity contribution in [3.8, 4) is 0 Å². The van der Waals surface area contributed by atoms with Gasteiger partial charge in [-0.25, -0.2) is 0 Å². The highest BCUT2D eigenvalue weighted by molar-refractivity contribution is 9.10. The van der Waals surface area contributed by atoms with E-state index in [-0.39, 0.29) is 0 Å². The van der Waals surface area contributed by atoms with Crippen molar-refractivity contribution in [2.24, 2.45) is 0 Å². The summed E-state index contributed by atoms with van der Waals surface area (Å²) in [6.45, 7) is 5.72. The SMILES string of the molecule is Cc1cc(NC2CC(C)N(C3CC3)C2)ccc1Br. The average Bonchev–Trinajstić information content (AvgIpc) is 3.09. The van der Waals surface area contributed by atoms with E-state index in [1.165, 1.54) is 41.5 Å². The van der Waals surface area contributed by atoms with Crippen LogP contribution in [0.25, 0.3) is 0 Å². The van der Waals surface area contributed by atoms with Crippen LogP contribution in [0.1, 0.15) is 31.7 Å². The van der Waals surface area contributed by atoms with Crippen LogP contribution in [0, 0.1) is 6.92 Å². The van der Waals surface area contributed by atoms with Crippen LogP contribution in [0.3, 0.4) is 0 Å². The first kappa shape index (κ1) is 12.5. The zero-order chi connectivity index (χ0) is 12.7. The van der Waals surface area contributed by atoms with Gasteiger partial charge in [-0.15, -0.1) is 0 Å². The third-order valence-electron chi connectivity index (χ3n) is 4.17. The van der Waals surface area contributed by atoms with E-state index in [9.17, 15) is 0 Å². The molecule has 98 valence electrons. The number of halogens is 1. The molecule has 2 nitrogen and oxygen atoms in total. The van der Waals surface area contributed by atoms with E-state index in [0.717, 1.165) is 12.1 Å². The van der Waals surface area contributed by atoms with Gasteiger partial charge >= 0.3 is 0 Å². The largest absolute Gasteiger partial charge is 0.381 e. The summed E-state index contributed by atoms with van der Waals surface area (Å²) < 4.78 is 1.19. The van der Waals surface area contributed by atoms with Crippen molar-refractivity contribution >= 4 is 21.6 Å². The summed E-state index contributed by atoms with van der Waals surface area (Å²) in [4.78, 5) is 2.68. The van der Waals surface area contributed by atoms with E-state index in [0.29, 0.717) is 6.04 Å². The molecule has 0 amide bonds. The van der Waals surface area contributed by atoms with Crippen LogP contribution >= 0.6 is 15.9 Å². The smallest absolute Gasteiger partial charge is 0.0403 e. The van der Waals surface area contributed by atoms with Gasteiger partial charge in [-0.1, -0.05) is 15.9 Å². The molecule has 2 aliphatic rings. The molecule has 3 heteroatoms. The lowest BCUT2D eigenvalue weighted by atomic mass is 10.1. The normalized spacial score (nSPS) is 28.6. The molecule has 1 aromatic rings. The van der Waals surface area contributed by atoms with Crippen LogP contribution in [0.5, 0.6) is 0 Å². The fourth-order valence-corrected chi connectivity index (χ4v) is 3.29. The van der Waals surface area contributed by atoms with Crippen LogP contribution < -0.4 is 5.32 Å². The van der Waals surface area contributed by atoms with Gasteiger partial charge in [-0.2, -0.15) is 0 Å². The van der Waals surface area contributed by atoms with Gasteiger partial charge in [0.25, 0.3) is 0 Å². The van der Waals surface area contributed by atoms with Crippen molar-refractivity contribution < 1.29 is 0 Å². The minimum atomic E-state index is 0.612. The second-order valence-corrected chi connectivity index (χ2v) is 6.67. The molecule has 2 fully saturated rings. The third kappa shape index (κ3) is 2.57. The second kappa shape index (κ2) is 4.86.